The van der Waals surface area contributed by atoms with E-state index < -0.39 is 0 Å². The van der Waals surface area contributed by atoms with Crippen molar-refractivity contribution in [3.05, 3.63) is 30.3 Å². The van der Waals surface area contributed by atoms with Crippen LogP contribution in [0.25, 0.3) is 10.9 Å². The number of ether oxygens (including phenoxy) is 1. The largest absolute Gasteiger partial charge is 0.481 e. The number of thiocarbonyl (C=S) groups is 1. The van der Waals surface area contributed by atoms with Crippen LogP contribution in [0.3, 0.4) is 0 Å². The first-order valence-electron chi connectivity index (χ1n) is 4.71. The first kappa shape index (κ1) is 10.6. The number of methoxy groups -OCH3 is 1. The number of hydrogen-bond donors (Lipinski definition) is 2. The number of nitrogens with one attached hydrogen (secondary N) is 1. The Labute approximate surface area is 98.4 Å². The van der Waals surface area contributed by atoms with Gasteiger partial charge < -0.3 is 15.8 Å². The standard InChI is InChI=1S/C11H11N3OS/c1-15-9-6-5-7-3-2-4-8(10(7)14-9)13-11(12)16/h2-6H,1H3,(H3,12,13,16). The quantitative estimate of drug-likeness (QED) is 0.776. The second-order valence-electron chi connectivity index (χ2n) is 3.22. The van der Waals surface area contributed by atoms with Gasteiger partial charge in [0.1, 0.15) is 0 Å². The van der Waals surface area contributed by atoms with Crippen LogP contribution < -0.4 is 15.8 Å². The number of hydrogen-bond acceptors (Lipinski definition) is 3. The van der Waals surface area contributed by atoms with Gasteiger partial charge in [-0.15, -0.1) is 0 Å². The van der Waals surface area contributed by atoms with Crippen molar-refractivity contribution < 1.29 is 4.74 Å². The molecule has 2 rings (SSSR count). The summed E-state index contributed by atoms with van der Waals surface area (Å²) in [7, 11) is 1.58. The normalized spacial score (nSPS) is 10.1. The van der Waals surface area contributed by atoms with Crippen molar-refractivity contribution in [2.75, 3.05) is 12.4 Å². The second-order valence-corrected chi connectivity index (χ2v) is 3.66. The zero-order valence-corrected chi connectivity index (χ0v) is 9.54. The minimum absolute atomic E-state index is 0.220. The number of nitrogens with two attached hydrogens (primary N) is 1. The van der Waals surface area contributed by atoms with E-state index in [9.17, 15) is 0 Å². The predicted molar refractivity (Wildman–Crippen MR) is 68.7 cm³/mol. The van der Waals surface area contributed by atoms with Crippen LogP contribution >= 0.6 is 12.2 Å². The molecule has 0 saturated carbocycles. The van der Waals surface area contributed by atoms with Gasteiger partial charge in [0.2, 0.25) is 5.88 Å². The highest BCUT2D eigenvalue weighted by atomic mass is 32.1. The lowest BCUT2D eigenvalue weighted by Gasteiger charge is -2.08. The van der Waals surface area contributed by atoms with Crippen LogP contribution in [0.5, 0.6) is 5.88 Å². The van der Waals surface area contributed by atoms with Gasteiger partial charge in [0.15, 0.2) is 5.11 Å². The lowest BCUT2D eigenvalue weighted by Crippen LogP contribution is -2.19. The van der Waals surface area contributed by atoms with Gasteiger partial charge >= 0.3 is 0 Å². The Morgan fingerprint density at radius 1 is 1.38 bits per heavy atom. The second kappa shape index (κ2) is 4.32. The molecule has 4 nitrogen and oxygen atoms in total. The molecule has 0 amide bonds. The lowest BCUT2D eigenvalue weighted by molar-refractivity contribution is 0.399. The fraction of sp³-hybridized carbons (Fsp3) is 0.0909. The van der Waals surface area contributed by atoms with Crippen LogP contribution in [-0.4, -0.2) is 17.2 Å². The number of para-hydroxylation sites is 1. The fourth-order valence-electron chi connectivity index (χ4n) is 1.48. The van der Waals surface area contributed by atoms with E-state index in [2.05, 4.69) is 10.3 Å². The third-order valence-electron chi connectivity index (χ3n) is 2.16. The van der Waals surface area contributed by atoms with Crippen molar-refractivity contribution in [1.29, 1.82) is 0 Å². The summed E-state index contributed by atoms with van der Waals surface area (Å²) >= 11 is 4.81. The zero-order chi connectivity index (χ0) is 11.5. The summed E-state index contributed by atoms with van der Waals surface area (Å²) in [6.07, 6.45) is 0. The van der Waals surface area contributed by atoms with Crippen LogP contribution in [0, 0.1) is 0 Å². The summed E-state index contributed by atoms with van der Waals surface area (Å²) in [5.74, 6) is 0.560. The molecule has 0 saturated heterocycles. The maximum Gasteiger partial charge on any atom is 0.213 e. The van der Waals surface area contributed by atoms with E-state index in [1.165, 1.54) is 0 Å². The van der Waals surface area contributed by atoms with Crippen molar-refractivity contribution in [3.8, 4) is 5.88 Å². The van der Waals surface area contributed by atoms with Crippen molar-refractivity contribution in [3.63, 3.8) is 0 Å². The highest BCUT2D eigenvalue weighted by Gasteiger charge is 2.04. The SMILES string of the molecule is COc1ccc2cccc(NC(N)=S)c2n1. The van der Waals surface area contributed by atoms with E-state index in [0.29, 0.717) is 5.88 Å². The molecule has 0 aliphatic rings. The maximum atomic E-state index is 5.45. The first-order chi connectivity index (χ1) is 7.70. The summed E-state index contributed by atoms with van der Waals surface area (Å²) in [6.45, 7) is 0. The lowest BCUT2D eigenvalue weighted by atomic mass is 10.2. The number of pyridine rings is 1. The van der Waals surface area contributed by atoms with Crippen molar-refractivity contribution in [2.45, 2.75) is 0 Å². The predicted octanol–water partition coefficient (Wildman–Crippen LogP) is 1.90. The highest BCUT2D eigenvalue weighted by molar-refractivity contribution is 7.80. The van der Waals surface area contributed by atoms with Crippen molar-refractivity contribution in [1.82, 2.24) is 4.98 Å². The summed E-state index contributed by atoms with van der Waals surface area (Å²) in [4.78, 5) is 4.35. The molecule has 1 heterocycles. The van der Waals surface area contributed by atoms with Gasteiger partial charge in [-0.2, -0.15) is 0 Å². The van der Waals surface area contributed by atoms with Crippen LogP contribution in [0.15, 0.2) is 30.3 Å². The van der Waals surface area contributed by atoms with Crippen LogP contribution in [0.1, 0.15) is 0 Å². The average Bonchev–Trinajstić information content (AvgIpc) is 2.28. The van der Waals surface area contributed by atoms with E-state index in [1.807, 2.05) is 30.3 Å². The number of fused-ring (bicyclic) bond motifs is 1. The third kappa shape index (κ3) is 2.04. The van der Waals surface area contributed by atoms with Crippen LogP contribution in [0.4, 0.5) is 5.69 Å². The number of rotatable bonds is 2. The third-order valence-corrected chi connectivity index (χ3v) is 2.26. The fourth-order valence-corrected chi connectivity index (χ4v) is 1.59. The van der Waals surface area contributed by atoms with Crippen LogP contribution in [0.2, 0.25) is 0 Å². The first-order valence-corrected chi connectivity index (χ1v) is 5.12. The molecule has 0 spiro atoms. The molecule has 0 aliphatic carbocycles. The smallest absolute Gasteiger partial charge is 0.213 e. The molecule has 0 aliphatic heterocycles. The Hall–Kier alpha value is -1.88. The molecular weight excluding hydrogens is 222 g/mol. The number of anilines is 1. The number of nitrogens with zero attached hydrogens (tertiary/aromatic N) is 1. The van der Waals surface area contributed by atoms with Crippen molar-refractivity contribution >= 4 is 33.9 Å². The summed E-state index contributed by atoms with van der Waals surface area (Å²) in [5, 5.41) is 4.11. The molecule has 5 heteroatoms. The van der Waals surface area contributed by atoms with Gasteiger partial charge in [0.25, 0.3) is 0 Å². The van der Waals surface area contributed by atoms with Gasteiger partial charge in [-0.1, -0.05) is 12.1 Å². The molecule has 16 heavy (non-hydrogen) atoms. The van der Waals surface area contributed by atoms with Gasteiger partial charge in [-0.3, -0.25) is 0 Å². The highest BCUT2D eigenvalue weighted by Crippen LogP contribution is 2.23. The van der Waals surface area contributed by atoms with Crippen LogP contribution in [-0.2, 0) is 0 Å². The van der Waals surface area contributed by atoms with E-state index in [4.69, 9.17) is 22.7 Å². The average molecular weight is 233 g/mol. The topological polar surface area (TPSA) is 60.2 Å². The molecule has 0 bridgehead atoms. The Bertz CT molecular complexity index is 542. The molecule has 0 radical (unpaired) electrons. The Morgan fingerprint density at radius 3 is 2.88 bits per heavy atom. The zero-order valence-electron chi connectivity index (χ0n) is 8.73. The molecule has 0 atom stereocenters. The number of benzene rings is 1. The molecule has 0 unspecified atom stereocenters. The molecule has 2 aromatic rings. The van der Waals surface area contributed by atoms with Gasteiger partial charge in [0, 0.05) is 11.5 Å². The Morgan fingerprint density at radius 2 is 2.19 bits per heavy atom. The van der Waals surface area contributed by atoms with E-state index in [0.717, 1.165) is 16.6 Å². The number of aromatic nitrogens is 1. The Balaban J connectivity index is 2.59. The van der Waals surface area contributed by atoms with Gasteiger partial charge in [-0.05, 0) is 24.4 Å². The monoisotopic (exact) mass is 233 g/mol. The molecule has 1 aromatic carbocycles. The summed E-state index contributed by atoms with van der Waals surface area (Å²) in [5.41, 5.74) is 7.02. The molecule has 1 aromatic heterocycles. The van der Waals surface area contributed by atoms with E-state index >= 15 is 0 Å². The summed E-state index contributed by atoms with van der Waals surface area (Å²) < 4.78 is 5.08. The van der Waals surface area contributed by atoms with E-state index in [1.54, 1.807) is 7.11 Å². The summed E-state index contributed by atoms with van der Waals surface area (Å²) in [6, 6.07) is 9.50. The molecule has 82 valence electrons. The Kier molecular flexibility index (Phi) is 2.87. The maximum absolute atomic E-state index is 5.45. The minimum Gasteiger partial charge on any atom is -0.481 e. The minimum atomic E-state index is 0.220. The van der Waals surface area contributed by atoms with Crippen molar-refractivity contribution in [2.24, 2.45) is 5.73 Å². The van der Waals surface area contributed by atoms with Gasteiger partial charge in [-0.25, -0.2) is 4.98 Å². The molecule has 3 N–H and O–H groups in total. The molecule has 0 fully saturated rings. The van der Waals surface area contributed by atoms with Gasteiger partial charge in [0.05, 0.1) is 18.3 Å². The van der Waals surface area contributed by atoms with E-state index in [-0.39, 0.29) is 5.11 Å². The molecular formula is C11H11N3OS.